The summed E-state index contributed by atoms with van der Waals surface area (Å²) in [5.74, 6) is -1.54. The van der Waals surface area contributed by atoms with Crippen molar-refractivity contribution in [1.29, 1.82) is 0 Å². The molecule has 1 N–H and O–H groups in total. The molecule has 0 heterocycles. The fourth-order valence-corrected chi connectivity index (χ4v) is 1.48. The van der Waals surface area contributed by atoms with E-state index < -0.39 is 11.6 Å². The number of rotatable bonds is 5. The van der Waals surface area contributed by atoms with Crippen LogP contribution in [0.3, 0.4) is 0 Å². The molecule has 0 saturated carbocycles. The lowest BCUT2D eigenvalue weighted by Gasteiger charge is -2.14. The largest absolute Gasteiger partial charge is 0.316 e. The maximum absolute atomic E-state index is 13.3. The van der Waals surface area contributed by atoms with Gasteiger partial charge in [-0.05, 0) is 31.5 Å². The van der Waals surface area contributed by atoms with E-state index in [1.165, 1.54) is 6.07 Å². The summed E-state index contributed by atoms with van der Waals surface area (Å²) in [6.07, 6.45) is 2.96. The average molecular weight is 211 g/mol. The number of nitrogens with one attached hydrogen (secondary N) is 1. The molecule has 0 radical (unpaired) electrons. The summed E-state index contributed by atoms with van der Waals surface area (Å²) in [5.41, 5.74) is 0.399. The van der Waals surface area contributed by atoms with Crippen LogP contribution in [-0.4, -0.2) is 13.1 Å². The Labute approximate surface area is 88.8 Å². The highest BCUT2D eigenvalue weighted by Crippen LogP contribution is 2.14. The second kappa shape index (κ2) is 5.61. The van der Waals surface area contributed by atoms with Crippen molar-refractivity contribution in [1.82, 2.24) is 5.32 Å². The predicted octanol–water partition coefficient (Wildman–Crippen LogP) is 2.67. The third-order valence-electron chi connectivity index (χ3n) is 2.36. The first-order valence-corrected chi connectivity index (χ1v) is 4.90. The van der Waals surface area contributed by atoms with Crippen molar-refractivity contribution in [2.45, 2.75) is 18.9 Å². The van der Waals surface area contributed by atoms with Crippen LogP contribution in [0.2, 0.25) is 0 Å². The van der Waals surface area contributed by atoms with Crippen LogP contribution in [0.1, 0.15) is 12.0 Å². The molecule has 0 saturated heterocycles. The third-order valence-corrected chi connectivity index (χ3v) is 2.36. The average Bonchev–Trinajstić information content (AvgIpc) is 2.24. The van der Waals surface area contributed by atoms with Gasteiger partial charge in [0, 0.05) is 6.04 Å². The van der Waals surface area contributed by atoms with Crippen LogP contribution in [0.4, 0.5) is 8.78 Å². The fourth-order valence-electron chi connectivity index (χ4n) is 1.48. The third kappa shape index (κ3) is 3.13. The van der Waals surface area contributed by atoms with E-state index in [0.717, 1.165) is 12.5 Å². The second-order valence-corrected chi connectivity index (χ2v) is 3.43. The number of benzene rings is 1. The van der Waals surface area contributed by atoms with E-state index in [-0.39, 0.29) is 6.04 Å². The van der Waals surface area contributed by atoms with Crippen molar-refractivity contribution >= 4 is 0 Å². The zero-order chi connectivity index (χ0) is 11.3. The van der Waals surface area contributed by atoms with Gasteiger partial charge in [-0.1, -0.05) is 18.2 Å². The van der Waals surface area contributed by atoms with Crippen molar-refractivity contribution in [3.05, 3.63) is 48.1 Å². The Kier molecular flexibility index (Phi) is 4.43. The molecule has 0 bridgehead atoms. The summed E-state index contributed by atoms with van der Waals surface area (Å²) in [7, 11) is 1.80. The van der Waals surface area contributed by atoms with Gasteiger partial charge in [-0.15, -0.1) is 6.58 Å². The predicted molar refractivity (Wildman–Crippen MR) is 57.7 cm³/mol. The van der Waals surface area contributed by atoms with Crippen molar-refractivity contribution in [2.24, 2.45) is 0 Å². The minimum absolute atomic E-state index is 0.0961. The quantitative estimate of drug-likeness (QED) is 0.738. The lowest BCUT2D eigenvalue weighted by Crippen LogP contribution is -2.27. The number of hydrogen-bond donors (Lipinski definition) is 1. The molecule has 0 aliphatic carbocycles. The van der Waals surface area contributed by atoms with Gasteiger partial charge in [0.15, 0.2) is 11.6 Å². The Hall–Kier alpha value is -1.22. The lowest BCUT2D eigenvalue weighted by molar-refractivity contribution is 0.484. The Morgan fingerprint density at radius 2 is 2.20 bits per heavy atom. The van der Waals surface area contributed by atoms with Crippen molar-refractivity contribution in [2.75, 3.05) is 7.05 Å². The molecule has 1 aromatic carbocycles. The molecule has 0 fully saturated rings. The summed E-state index contributed by atoms with van der Waals surface area (Å²) in [6.45, 7) is 3.62. The van der Waals surface area contributed by atoms with Crippen LogP contribution in [0.15, 0.2) is 30.9 Å². The van der Waals surface area contributed by atoms with Crippen molar-refractivity contribution in [3.8, 4) is 0 Å². The summed E-state index contributed by atoms with van der Waals surface area (Å²) < 4.78 is 26.2. The van der Waals surface area contributed by atoms with E-state index in [1.807, 2.05) is 0 Å². The lowest BCUT2D eigenvalue weighted by atomic mass is 10.0. The minimum Gasteiger partial charge on any atom is -0.316 e. The van der Waals surface area contributed by atoms with E-state index in [0.29, 0.717) is 12.0 Å². The highest BCUT2D eigenvalue weighted by atomic mass is 19.2. The molecule has 1 rings (SSSR count). The Morgan fingerprint density at radius 3 is 2.80 bits per heavy atom. The Balaban J connectivity index is 2.78. The van der Waals surface area contributed by atoms with Crippen LogP contribution < -0.4 is 5.32 Å². The molecular weight excluding hydrogens is 196 g/mol. The maximum Gasteiger partial charge on any atom is 0.162 e. The molecule has 0 aromatic heterocycles. The number of likely N-dealkylation sites (N-methyl/N-ethyl adjacent to an activating group) is 1. The molecule has 0 aliphatic heterocycles. The molecule has 1 aromatic rings. The van der Waals surface area contributed by atoms with Gasteiger partial charge in [0.05, 0.1) is 0 Å². The first kappa shape index (κ1) is 11.9. The van der Waals surface area contributed by atoms with Gasteiger partial charge in [0.1, 0.15) is 0 Å². The van der Waals surface area contributed by atoms with Crippen LogP contribution in [0, 0.1) is 11.6 Å². The summed E-state index contributed by atoms with van der Waals surface area (Å²) in [6, 6.07) is 4.35. The van der Waals surface area contributed by atoms with E-state index >= 15 is 0 Å². The molecule has 1 atom stereocenters. The highest BCUT2D eigenvalue weighted by Gasteiger charge is 2.11. The smallest absolute Gasteiger partial charge is 0.162 e. The van der Waals surface area contributed by atoms with Gasteiger partial charge in [0.2, 0.25) is 0 Å². The molecular formula is C12H15F2N. The fraction of sp³-hybridized carbons (Fsp3) is 0.333. The normalized spacial score (nSPS) is 12.5. The molecule has 15 heavy (non-hydrogen) atoms. The van der Waals surface area contributed by atoms with Gasteiger partial charge in [-0.3, -0.25) is 0 Å². The molecule has 3 heteroatoms. The van der Waals surface area contributed by atoms with Crippen molar-refractivity contribution < 1.29 is 8.78 Å². The van der Waals surface area contributed by atoms with Crippen LogP contribution in [0.25, 0.3) is 0 Å². The highest BCUT2D eigenvalue weighted by molar-refractivity contribution is 5.20. The Bertz CT molecular complexity index is 336. The van der Waals surface area contributed by atoms with Gasteiger partial charge >= 0.3 is 0 Å². The first-order chi connectivity index (χ1) is 7.19. The van der Waals surface area contributed by atoms with Gasteiger partial charge in [0.25, 0.3) is 0 Å². The Morgan fingerprint density at radius 1 is 1.47 bits per heavy atom. The second-order valence-electron chi connectivity index (χ2n) is 3.43. The SMILES string of the molecule is C=CCC(Cc1cccc(F)c1F)NC. The van der Waals surface area contributed by atoms with Gasteiger partial charge in [-0.2, -0.15) is 0 Å². The van der Waals surface area contributed by atoms with E-state index in [1.54, 1.807) is 19.2 Å². The zero-order valence-corrected chi connectivity index (χ0v) is 8.76. The number of hydrogen-bond acceptors (Lipinski definition) is 1. The van der Waals surface area contributed by atoms with E-state index in [4.69, 9.17) is 0 Å². The molecule has 82 valence electrons. The van der Waals surface area contributed by atoms with Gasteiger partial charge < -0.3 is 5.32 Å². The molecule has 1 unspecified atom stereocenters. The topological polar surface area (TPSA) is 12.0 Å². The summed E-state index contributed by atoms with van der Waals surface area (Å²) >= 11 is 0. The molecule has 1 nitrogen and oxygen atoms in total. The summed E-state index contributed by atoms with van der Waals surface area (Å²) in [4.78, 5) is 0. The first-order valence-electron chi connectivity index (χ1n) is 4.90. The van der Waals surface area contributed by atoms with E-state index in [9.17, 15) is 8.78 Å². The standard InChI is InChI=1S/C12H15F2N/c1-3-5-10(15-2)8-9-6-4-7-11(13)12(9)14/h3-4,6-7,10,15H,1,5,8H2,2H3. The molecule has 0 amide bonds. The minimum atomic E-state index is -0.791. The van der Waals surface area contributed by atoms with Crippen LogP contribution in [-0.2, 0) is 6.42 Å². The summed E-state index contributed by atoms with van der Waals surface area (Å²) in [5, 5.41) is 3.04. The van der Waals surface area contributed by atoms with Crippen LogP contribution in [0.5, 0.6) is 0 Å². The van der Waals surface area contributed by atoms with Crippen molar-refractivity contribution in [3.63, 3.8) is 0 Å². The van der Waals surface area contributed by atoms with Gasteiger partial charge in [-0.25, -0.2) is 8.78 Å². The zero-order valence-electron chi connectivity index (χ0n) is 8.76. The maximum atomic E-state index is 13.3. The van der Waals surface area contributed by atoms with E-state index in [2.05, 4.69) is 11.9 Å². The molecule has 0 spiro atoms. The monoisotopic (exact) mass is 211 g/mol. The molecule has 0 aliphatic rings. The number of halogens is 2. The van der Waals surface area contributed by atoms with Crippen LogP contribution >= 0.6 is 0 Å².